The van der Waals surface area contributed by atoms with E-state index in [1.807, 2.05) is 12.1 Å². The van der Waals surface area contributed by atoms with E-state index < -0.39 is 0 Å². The number of rotatable bonds is 3. The summed E-state index contributed by atoms with van der Waals surface area (Å²) >= 11 is 0. The third kappa shape index (κ3) is 2.56. The summed E-state index contributed by atoms with van der Waals surface area (Å²) < 4.78 is 15.2. The van der Waals surface area contributed by atoms with Crippen molar-refractivity contribution in [1.82, 2.24) is 4.57 Å². The van der Waals surface area contributed by atoms with Crippen LogP contribution in [0.5, 0.6) is 0 Å². The molecule has 1 heterocycles. The molecule has 0 saturated carbocycles. The van der Waals surface area contributed by atoms with Crippen LogP contribution in [-0.4, -0.2) is 4.57 Å². The van der Waals surface area contributed by atoms with Gasteiger partial charge in [-0.05, 0) is 55.0 Å². The molecule has 3 heteroatoms. The zero-order valence-corrected chi connectivity index (χ0v) is 11.0. The van der Waals surface area contributed by atoms with Crippen molar-refractivity contribution in [3.8, 4) is 0 Å². The van der Waals surface area contributed by atoms with E-state index in [4.69, 9.17) is 5.73 Å². The molecule has 100 valence electrons. The van der Waals surface area contributed by atoms with Gasteiger partial charge in [0.25, 0.3) is 0 Å². The molecule has 0 amide bonds. The third-order valence-electron chi connectivity index (χ3n) is 4.00. The zero-order chi connectivity index (χ0) is 13.2. The van der Waals surface area contributed by atoms with Crippen molar-refractivity contribution >= 4 is 0 Å². The molecule has 1 unspecified atom stereocenters. The number of nitrogens with zero attached hydrogens (tertiary/aromatic N) is 1. The molecular weight excluding hydrogens is 239 g/mol. The van der Waals surface area contributed by atoms with Crippen molar-refractivity contribution in [2.75, 3.05) is 0 Å². The molecule has 0 spiro atoms. The van der Waals surface area contributed by atoms with Crippen molar-refractivity contribution in [3.05, 3.63) is 59.2 Å². The van der Waals surface area contributed by atoms with Gasteiger partial charge in [-0.3, -0.25) is 0 Å². The van der Waals surface area contributed by atoms with Crippen LogP contribution in [0.4, 0.5) is 4.39 Å². The van der Waals surface area contributed by atoms with E-state index in [0.717, 1.165) is 25.8 Å². The maximum Gasteiger partial charge on any atom is 0.123 e. The molecule has 19 heavy (non-hydrogen) atoms. The molecule has 0 aliphatic heterocycles. The molecular formula is C16H19FN2. The Morgan fingerprint density at radius 1 is 1.21 bits per heavy atom. The number of fused-ring (bicyclic) bond motifs is 1. The minimum absolute atomic E-state index is 0.173. The number of halogens is 1. The number of hydrogen-bond donors (Lipinski definition) is 1. The van der Waals surface area contributed by atoms with Crippen LogP contribution in [0.3, 0.4) is 0 Å². The fourth-order valence-corrected chi connectivity index (χ4v) is 2.90. The van der Waals surface area contributed by atoms with E-state index >= 15 is 0 Å². The fourth-order valence-electron chi connectivity index (χ4n) is 2.90. The Hall–Kier alpha value is -1.61. The van der Waals surface area contributed by atoms with Crippen molar-refractivity contribution in [2.45, 2.75) is 38.3 Å². The molecule has 0 fully saturated rings. The van der Waals surface area contributed by atoms with Gasteiger partial charge in [0.15, 0.2) is 0 Å². The lowest BCUT2D eigenvalue weighted by Crippen LogP contribution is -2.18. The van der Waals surface area contributed by atoms with Gasteiger partial charge in [0.1, 0.15) is 5.82 Å². The van der Waals surface area contributed by atoms with Crippen LogP contribution in [0.25, 0.3) is 0 Å². The molecule has 1 aromatic carbocycles. The first-order chi connectivity index (χ1) is 9.24. The van der Waals surface area contributed by atoms with Crippen molar-refractivity contribution in [1.29, 1.82) is 0 Å². The lowest BCUT2D eigenvalue weighted by atomic mass is 9.93. The van der Waals surface area contributed by atoms with Gasteiger partial charge in [-0.2, -0.15) is 0 Å². The van der Waals surface area contributed by atoms with Gasteiger partial charge in [-0.25, -0.2) is 4.39 Å². The Morgan fingerprint density at radius 3 is 2.79 bits per heavy atom. The summed E-state index contributed by atoms with van der Waals surface area (Å²) in [6.07, 6.45) is 6.46. The van der Waals surface area contributed by atoms with E-state index in [1.54, 1.807) is 0 Å². The molecule has 2 aromatic rings. The minimum Gasteiger partial charge on any atom is -0.351 e. The number of nitrogens with two attached hydrogens (primary N) is 1. The van der Waals surface area contributed by atoms with E-state index in [0.29, 0.717) is 0 Å². The first-order valence-electron chi connectivity index (χ1n) is 6.92. The van der Waals surface area contributed by atoms with E-state index in [2.05, 4.69) is 16.8 Å². The number of hydrogen-bond acceptors (Lipinski definition) is 1. The van der Waals surface area contributed by atoms with Crippen molar-refractivity contribution in [3.63, 3.8) is 0 Å². The monoisotopic (exact) mass is 258 g/mol. The van der Waals surface area contributed by atoms with Crippen LogP contribution in [0.2, 0.25) is 0 Å². The second-order valence-electron chi connectivity index (χ2n) is 5.29. The maximum atomic E-state index is 12.8. The van der Waals surface area contributed by atoms with E-state index in [1.165, 1.54) is 35.4 Å². The van der Waals surface area contributed by atoms with Gasteiger partial charge in [-0.15, -0.1) is 0 Å². The zero-order valence-electron chi connectivity index (χ0n) is 11.0. The summed E-state index contributed by atoms with van der Waals surface area (Å²) in [6, 6.07) is 9.13. The number of aryl methyl sites for hydroxylation is 2. The molecule has 2 nitrogen and oxygen atoms in total. The van der Waals surface area contributed by atoms with Crippen LogP contribution in [0, 0.1) is 5.82 Å². The maximum absolute atomic E-state index is 12.8. The second kappa shape index (κ2) is 5.17. The molecule has 0 radical (unpaired) electrons. The highest BCUT2D eigenvalue weighted by Gasteiger charge is 2.19. The summed E-state index contributed by atoms with van der Waals surface area (Å²) in [7, 11) is 0. The van der Waals surface area contributed by atoms with Gasteiger partial charge >= 0.3 is 0 Å². The SMILES string of the molecule is NC1CCCc2c1ccn2CCc1ccc(F)cc1. The van der Waals surface area contributed by atoms with Gasteiger partial charge in [-0.1, -0.05) is 12.1 Å². The van der Waals surface area contributed by atoms with Crippen LogP contribution < -0.4 is 5.73 Å². The molecule has 1 aromatic heterocycles. The van der Waals surface area contributed by atoms with Crippen LogP contribution in [0.15, 0.2) is 36.5 Å². The molecule has 0 bridgehead atoms. The normalized spacial score (nSPS) is 18.3. The highest BCUT2D eigenvalue weighted by molar-refractivity contribution is 5.28. The van der Waals surface area contributed by atoms with Crippen LogP contribution in [0.1, 0.15) is 35.7 Å². The van der Waals surface area contributed by atoms with E-state index in [9.17, 15) is 4.39 Å². The van der Waals surface area contributed by atoms with Gasteiger partial charge < -0.3 is 10.3 Å². The summed E-state index contributed by atoms with van der Waals surface area (Å²) in [6.45, 7) is 0.938. The Morgan fingerprint density at radius 2 is 2.00 bits per heavy atom. The Bertz CT molecular complexity index is 557. The van der Waals surface area contributed by atoms with E-state index in [-0.39, 0.29) is 11.9 Å². The smallest absolute Gasteiger partial charge is 0.123 e. The van der Waals surface area contributed by atoms with Crippen molar-refractivity contribution in [2.24, 2.45) is 5.73 Å². The molecule has 1 atom stereocenters. The van der Waals surface area contributed by atoms with Gasteiger partial charge in [0.2, 0.25) is 0 Å². The molecule has 1 aliphatic carbocycles. The van der Waals surface area contributed by atoms with Crippen LogP contribution >= 0.6 is 0 Å². The average Bonchev–Trinajstić information content (AvgIpc) is 2.83. The minimum atomic E-state index is -0.173. The summed E-state index contributed by atoms with van der Waals surface area (Å²) in [5.74, 6) is -0.173. The third-order valence-corrected chi connectivity index (χ3v) is 4.00. The van der Waals surface area contributed by atoms with Gasteiger partial charge in [0, 0.05) is 24.5 Å². The quantitative estimate of drug-likeness (QED) is 0.900. The largest absolute Gasteiger partial charge is 0.351 e. The van der Waals surface area contributed by atoms with Gasteiger partial charge in [0.05, 0.1) is 0 Å². The topological polar surface area (TPSA) is 30.9 Å². The first-order valence-corrected chi connectivity index (χ1v) is 6.92. The average molecular weight is 258 g/mol. The Labute approximate surface area is 113 Å². The van der Waals surface area contributed by atoms with Crippen molar-refractivity contribution < 1.29 is 4.39 Å². The first kappa shape index (κ1) is 12.4. The standard InChI is InChI=1S/C16H19FN2/c17-13-6-4-12(5-7-13)8-10-19-11-9-14-15(18)2-1-3-16(14)19/h4-7,9,11,15H,1-3,8,10,18H2. The Balaban J connectivity index is 1.72. The number of benzene rings is 1. The lowest BCUT2D eigenvalue weighted by molar-refractivity contribution is 0.538. The van der Waals surface area contributed by atoms with Crippen LogP contribution in [-0.2, 0) is 19.4 Å². The Kier molecular flexibility index (Phi) is 3.38. The highest BCUT2D eigenvalue weighted by Crippen LogP contribution is 2.28. The molecule has 0 saturated heterocycles. The fraction of sp³-hybridized carbons (Fsp3) is 0.375. The second-order valence-corrected chi connectivity index (χ2v) is 5.29. The predicted octanol–water partition coefficient (Wildman–Crippen LogP) is 3.21. The summed E-state index contributed by atoms with van der Waals surface area (Å²) in [5.41, 5.74) is 10.00. The lowest BCUT2D eigenvalue weighted by Gasteiger charge is -2.21. The predicted molar refractivity (Wildman–Crippen MR) is 74.4 cm³/mol. The summed E-state index contributed by atoms with van der Waals surface area (Å²) in [5, 5.41) is 0. The molecule has 2 N–H and O–H groups in total. The highest BCUT2D eigenvalue weighted by atomic mass is 19.1. The number of aromatic nitrogens is 1. The molecule has 3 rings (SSSR count). The summed E-state index contributed by atoms with van der Waals surface area (Å²) in [4.78, 5) is 0. The molecule has 1 aliphatic rings.